The largest absolute Gasteiger partial charge is 0.349 e. The molecule has 0 spiro atoms. The lowest BCUT2D eigenvalue weighted by Gasteiger charge is -2.11. The van der Waals surface area contributed by atoms with Gasteiger partial charge in [-0.2, -0.15) is 5.12 Å². The molecule has 0 radical (unpaired) electrons. The summed E-state index contributed by atoms with van der Waals surface area (Å²) in [5.41, 5.74) is 7.22. The third kappa shape index (κ3) is 5.09. The molecular weight excluding hydrogens is 252 g/mol. The number of hydrazine groups is 2. The van der Waals surface area contributed by atoms with Gasteiger partial charge in [0.15, 0.2) is 0 Å². The lowest BCUT2D eigenvalue weighted by molar-refractivity contribution is 0.210. The van der Waals surface area contributed by atoms with Crippen LogP contribution in [0.5, 0.6) is 0 Å². The number of nitrogens with two attached hydrogens (primary N) is 3. The van der Waals surface area contributed by atoms with Crippen LogP contribution in [0, 0.1) is 0 Å². The molecule has 0 aromatic heterocycles. The number of hydrogen-bond acceptors (Lipinski definition) is 3. The number of amides is 2. The highest BCUT2D eigenvalue weighted by Gasteiger charge is 2.05. The van der Waals surface area contributed by atoms with E-state index in [0.717, 1.165) is 0 Å². The van der Waals surface area contributed by atoms with E-state index in [9.17, 15) is 4.79 Å². The number of primary amides is 1. The normalized spacial score (nSPS) is 9.60. The van der Waals surface area contributed by atoms with Crippen molar-refractivity contribution in [3.8, 4) is 0 Å². The van der Waals surface area contributed by atoms with Gasteiger partial charge >= 0.3 is 6.03 Å². The highest BCUT2D eigenvalue weighted by atomic mass is 16.2. The average molecular weight is 272 g/mol. The predicted octanol–water partition coefficient (Wildman–Crippen LogP) is 1.95. The summed E-state index contributed by atoms with van der Waals surface area (Å²) in [5.74, 6) is 9.63. The first-order chi connectivity index (χ1) is 9.52. The monoisotopic (exact) mass is 272 g/mol. The fraction of sp³-hybridized carbons (Fsp3) is 0.133. The average Bonchev–Trinajstić information content (AvgIpc) is 2.49. The van der Waals surface area contributed by atoms with Gasteiger partial charge < -0.3 is 5.73 Å². The molecule has 0 aliphatic carbocycles. The number of benzene rings is 2. The van der Waals surface area contributed by atoms with Crippen molar-refractivity contribution in [3.63, 3.8) is 0 Å². The standard InChI is InChI=1S/C14H14.CH6N4O/c1-12(13-8-4-2-5-9-13)14-10-6-3-7-11-14;2-1(6)5(3)4/h2-12H,1H3;3-4H2,(H2,2,6). The Morgan fingerprint density at radius 1 is 0.900 bits per heavy atom. The first-order valence-electron chi connectivity index (χ1n) is 6.21. The molecule has 106 valence electrons. The summed E-state index contributed by atoms with van der Waals surface area (Å²) in [4.78, 5) is 9.60. The molecule has 6 N–H and O–H groups in total. The number of carbonyl (C=O) groups is 1. The van der Waals surface area contributed by atoms with Crippen LogP contribution in [-0.2, 0) is 0 Å². The minimum absolute atomic E-state index is 0.306. The van der Waals surface area contributed by atoms with Crippen molar-refractivity contribution < 1.29 is 4.79 Å². The van der Waals surface area contributed by atoms with Gasteiger partial charge in [-0.15, -0.1) is 0 Å². The van der Waals surface area contributed by atoms with Crippen molar-refractivity contribution in [2.45, 2.75) is 12.8 Å². The summed E-state index contributed by atoms with van der Waals surface area (Å²) >= 11 is 0. The van der Waals surface area contributed by atoms with E-state index in [0.29, 0.717) is 11.0 Å². The Bertz CT molecular complexity index is 474. The molecule has 0 saturated carbocycles. The summed E-state index contributed by atoms with van der Waals surface area (Å²) in [7, 11) is 0. The van der Waals surface area contributed by atoms with Crippen LogP contribution in [0.25, 0.3) is 0 Å². The van der Waals surface area contributed by atoms with Crippen molar-refractivity contribution in [3.05, 3.63) is 71.8 Å². The maximum atomic E-state index is 9.60. The minimum Gasteiger partial charge on any atom is -0.349 e. The van der Waals surface area contributed by atoms with E-state index in [1.165, 1.54) is 11.1 Å². The fourth-order valence-electron chi connectivity index (χ4n) is 1.68. The number of carbonyl (C=O) groups excluding carboxylic acids is 1. The van der Waals surface area contributed by atoms with Gasteiger partial charge in [0.25, 0.3) is 0 Å². The molecule has 0 unspecified atom stereocenters. The number of rotatable bonds is 2. The molecule has 0 saturated heterocycles. The van der Waals surface area contributed by atoms with Crippen LogP contribution in [0.4, 0.5) is 4.79 Å². The van der Waals surface area contributed by atoms with Crippen molar-refractivity contribution >= 4 is 6.03 Å². The molecule has 2 aromatic carbocycles. The Morgan fingerprint density at radius 3 is 1.45 bits per heavy atom. The Morgan fingerprint density at radius 2 is 1.20 bits per heavy atom. The number of nitrogens with zero attached hydrogens (tertiary/aromatic N) is 1. The molecule has 0 heterocycles. The SMILES string of the molecule is CC(c1ccccc1)c1ccccc1.NC(=O)N(N)N. The van der Waals surface area contributed by atoms with Crippen molar-refractivity contribution in [1.82, 2.24) is 5.12 Å². The molecule has 0 atom stereocenters. The van der Waals surface area contributed by atoms with Gasteiger partial charge in [-0.3, -0.25) is 0 Å². The molecular formula is C15H20N4O. The lowest BCUT2D eigenvalue weighted by atomic mass is 9.93. The molecule has 2 amide bonds. The fourth-order valence-corrected chi connectivity index (χ4v) is 1.68. The van der Waals surface area contributed by atoms with E-state index in [1.54, 1.807) is 0 Å². The Balaban J connectivity index is 0.000000286. The number of urea groups is 1. The van der Waals surface area contributed by atoms with Crippen LogP contribution >= 0.6 is 0 Å². The number of hydrogen-bond donors (Lipinski definition) is 3. The third-order valence-corrected chi connectivity index (χ3v) is 2.85. The molecule has 0 aliphatic rings. The molecule has 0 bridgehead atoms. The Kier molecular flexibility index (Phi) is 6.22. The summed E-state index contributed by atoms with van der Waals surface area (Å²) in [6.45, 7) is 2.24. The second-order valence-corrected chi connectivity index (χ2v) is 4.29. The van der Waals surface area contributed by atoms with E-state index in [1.807, 2.05) is 0 Å². The Labute approximate surface area is 118 Å². The first-order valence-corrected chi connectivity index (χ1v) is 6.21. The lowest BCUT2D eigenvalue weighted by Crippen LogP contribution is -2.46. The molecule has 0 fully saturated rings. The summed E-state index contributed by atoms with van der Waals surface area (Å²) in [6.07, 6.45) is 0. The summed E-state index contributed by atoms with van der Waals surface area (Å²) < 4.78 is 0. The topological polar surface area (TPSA) is 98.4 Å². The highest BCUT2D eigenvalue weighted by Crippen LogP contribution is 2.22. The maximum absolute atomic E-state index is 9.60. The van der Waals surface area contributed by atoms with E-state index >= 15 is 0 Å². The van der Waals surface area contributed by atoms with Gasteiger partial charge in [0, 0.05) is 5.92 Å². The summed E-state index contributed by atoms with van der Waals surface area (Å²) in [5, 5.41) is 0.306. The highest BCUT2D eigenvalue weighted by molar-refractivity contribution is 5.70. The third-order valence-electron chi connectivity index (χ3n) is 2.85. The molecule has 0 aliphatic heterocycles. The molecule has 2 aromatic rings. The molecule has 5 heteroatoms. The van der Waals surface area contributed by atoms with Gasteiger partial charge in [0.1, 0.15) is 0 Å². The van der Waals surface area contributed by atoms with Crippen molar-refractivity contribution in [2.24, 2.45) is 17.4 Å². The van der Waals surface area contributed by atoms with E-state index < -0.39 is 6.03 Å². The zero-order valence-corrected chi connectivity index (χ0v) is 11.4. The van der Waals surface area contributed by atoms with Gasteiger partial charge in [-0.05, 0) is 11.1 Å². The summed E-state index contributed by atoms with van der Waals surface area (Å²) in [6, 6.07) is 20.3. The Hall–Kier alpha value is -2.37. The van der Waals surface area contributed by atoms with Crippen LogP contribution < -0.4 is 17.4 Å². The van der Waals surface area contributed by atoms with E-state index in [-0.39, 0.29) is 0 Å². The van der Waals surface area contributed by atoms with E-state index in [4.69, 9.17) is 0 Å². The quantitative estimate of drug-likeness (QED) is 0.442. The van der Waals surface area contributed by atoms with Crippen LogP contribution in [0.15, 0.2) is 60.7 Å². The van der Waals surface area contributed by atoms with Crippen LogP contribution in [0.1, 0.15) is 24.0 Å². The molecule has 20 heavy (non-hydrogen) atoms. The van der Waals surface area contributed by atoms with Crippen molar-refractivity contribution in [1.29, 1.82) is 0 Å². The smallest absolute Gasteiger partial charge is 0.343 e. The molecule has 2 rings (SSSR count). The van der Waals surface area contributed by atoms with Crippen LogP contribution in [0.3, 0.4) is 0 Å². The van der Waals surface area contributed by atoms with Crippen LogP contribution in [0.2, 0.25) is 0 Å². The predicted molar refractivity (Wildman–Crippen MR) is 80.2 cm³/mol. The van der Waals surface area contributed by atoms with Gasteiger partial charge in [0.2, 0.25) is 0 Å². The maximum Gasteiger partial charge on any atom is 0.343 e. The first kappa shape index (κ1) is 15.7. The van der Waals surface area contributed by atoms with Crippen LogP contribution in [-0.4, -0.2) is 11.1 Å². The minimum atomic E-state index is -0.852. The van der Waals surface area contributed by atoms with Gasteiger partial charge in [-0.25, -0.2) is 16.5 Å². The second kappa shape index (κ2) is 7.93. The zero-order chi connectivity index (χ0) is 15.0. The second-order valence-electron chi connectivity index (χ2n) is 4.29. The van der Waals surface area contributed by atoms with Gasteiger partial charge in [-0.1, -0.05) is 67.6 Å². The van der Waals surface area contributed by atoms with Gasteiger partial charge in [0.05, 0.1) is 0 Å². The molecule has 5 nitrogen and oxygen atoms in total. The van der Waals surface area contributed by atoms with Crippen molar-refractivity contribution in [2.75, 3.05) is 0 Å². The zero-order valence-electron chi connectivity index (χ0n) is 11.4. The van der Waals surface area contributed by atoms with E-state index in [2.05, 4.69) is 85.0 Å².